The van der Waals surface area contributed by atoms with Gasteiger partial charge in [-0.3, -0.25) is 9.13 Å². The van der Waals surface area contributed by atoms with Gasteiger partial charge in [-0.1, -0.05) is 0 Å². The molecule has 0 bridgehead atoms. The van der Waals surface area contributed by atoms with Crippen LogP contribution in [0, 0.1) is 0 Å². The first-order valence-electron chi connectivity index (χ1n) is 4.95. The maximum absolute atomic E-state index is 10.4. The van der Waals surface area contributed by atoms with Crippen LogP contribution in [-0.4, -0.2) is 26.4 Å². The molecule has 24 heavy (non-hydrogen) atoms. The van der Waals surface area contributed by atoms with E-state index in [1.807, 2.05) is 0 Å². The summed E-state index contributed by atoms with van der Waals surface area (Å²) in [6.07, 6.45) is 0. The Morgan fingerprint density at radius 2 is 0.958 bits per heavy atom. The molecule has 2 saturated heterocycles. The summed E-state index contributed by atoms with van der Waals surface area (Å²) in [5.74, 6) is 0. The van der Waals surface area contributed by atoms with Crippen LogP contribution in [0.3, 0.4) is 0 Å². The van der Waals surface area contributed by atoms with Crippen molar-refractivity contribution >= 4 is 15.6 Å². The Labute approximate surface area is 177 Å². The smallest absolute Gasteiger partial charge is 0.754 e. The van der Waals surface area contributed by atoms with Crippen molar-refractivity contribution in [2.45, 2.75) is 0 Å². The van der Waals surface area contributed by atoms with Crippen LogP contribution in [0.4, 0.5) is 0 Å². The summed E-state index contributed by atoms with van der Waals surface area (Å²) < 4.78 is 36.3. The molecule has 20 heteroatoms. The number of phosphoric ester groups is 2. The van der Waals surface area contributed by atoms with Gasteiger partial charge in [0, 0.05) is 0 Å². The van der Waals surface area contributed by atoms with Crippen molar-refractivity contribution in [3.05, 3.63) is 0 Å². The summed E-state index contributed by atoms with van der Waals surface area (Å²) in [4.78, 5) is 29.2. The van der Waals surface area contributed by atoms with Crippen molar-refractivity contribution in [2.75, 3.05) is 26.4 Å². The first-order chi connectivity index (χ1) is 10.4. The Morgan fingerprint density at radius 3 is 1.33 bits per heavy atom. The summed E-state index contributed by atoms with van der Waals surface area (Å²) in [7, 11) is -8.89. The summed E-state index contributed by atoms with van der Waals surface area (Å²) in [5.41, 5.74) is 0. The predicted molar refractivity (Wildman–Crippen MR) is 47.7 cm³/mol. The molecule has 0 aliphatic carbocycles. The largest absolute Gasteiger partial charge is 1.00 e. The van der Waals surface area contributed by atoms with Crippen molar-refractivity contribution in [2.24, 2.45) is 0 Å². The van der Waals surface area contributed by atoms with Gasteiger partial charge < -0.3 is 18.8 Å². The molecule has 2 unspecified atom stereocenters. The minimum atomic E-state index is -4.44. The quantitative estimate of drug-likeness (QED) is 0.204. The monoisotopic (exact) mass is 420 g/mol. The second-order valence-electron chi connectivity index (χ2n) is 2.76. The maximum Gasteiger partial charge on any atom is 1.00 e. The standard InChI is InChI=1S/2C2H5O8P.2Na/c2*3-11(4)6-2-1-5-7-8-9-10-11;;/h2*1-2H2,(H,3,4);;/q;;2*+1/p-2. The van der Waals surface area contributed by atoms with Crippen LogP contribution >= 0.6 is 15.6 Å². The van der Waals surface area contributed by atoms with Gasteiger partial charge in [0.25, 0.3) is 0 Å². The third-order valence-corrected chi connectivity index (χ3v) is 2.77. The minimum Gasteiger partial charge on any atom is -0.754 e. The molecule has 0 aromatic heterocycles. The van der Waals surface area contributed by atoms with Gasteiger partial charge in [-0.25, -0.2) is 9.78 Å². The van der Waals surface area contributed by atoms with Crippen LogP contribution in [0.15, 0.2) is 0 Å². The molecule has 0 radical (unpaired) electrons. The molecule has 0 aromatic carbocycles. The molecule has 0 saturated carbocycles. The van der Waals surface area contributed by atoms with E-state index in [2.05, 4.69) is 58.4 Å². The van der Waals surface area contributed by atoms with E-state index in [1.165, 1.54) is 0 Å². The van der Waals surface area contributed by atoms with Gasteiger partial charge in [0.05, 0.1) is 13.2 Å². The molecule has 0 aromatic rings. The molecule has 2 heterocycles. The van der Waals surface area contributed by atoms with E-state index in [0.29, 0.717) is 0 Å². The molecule has 0 spiro atoms. The molecule has 2 aliphatic rings. The average molecular weight is 420 g/mol. The van der Waals surface area contributed by atoms with Gasteiger partial charge in [0.1, 0.15) is 13.2 Å². The van der Waals surface area contributed by atoms with Gasteiger partial charge in [-0.15, -0.1) is 9.35 Å². The minimum absolute atomic E-state index is 0. The summed E-state index contributed by atoms with van der Waals surface area (Å²) >= 11 is 0. The molecule has 2 atom stereocenters. The molecule has 0 amide bonds. The Bertz CT molecular complexity index is 330. The van der Waals surface area contributed by atoms with Crippen LogP contribution in [0.1, 0.15) is 0 Å². The second kappa shape index (κ2) is 15.9. The molecule has 0 N–H and O–H groups in total. The van der Waals surface area contributed by atoms with Gasteiger partial charge in [0.2, 0.25) is 0 Å². The summed E-state index contributed by atoms with van der Waals surface area (Å²) in [6, 6.07) is 0. The molecular weight excluding hydrogens is 412 g/mol. The Morgan fingerprint density at radius 1 is 0.583 bits per heavy atom. The molecule has 2 fully saturated rings. The van der Waals surface area contributed by atoms with E-state index in [9.17, 15) is 18.9 Å². The maximum atomic E-state index is 10.4. The fourth-order valence-corrected chi connectivity index (χ4v) is 1.52. The average Bonchev–Trinajstić information content (AvgIpc) is 2.60. The van der Waals surface area contributed by atoms with Gasteiger partial charge >= 0.3 is 74.8 Å². The molecular formula is C4H8Na2O16P2. The van der Waals surface area contributed by atoms with Gasteiger partial charge in [0.15, 0.2) is 0 Å². The first kappa shape index (κ1) is 28.1. The summed E-state index contributed by atoms with van der Waals surface area (Å²) in [6.45, 7) is -0.737. The Hall–Kier alpha value is 1.90. The SMILES string of the molecule is O=P1([O-])OCCOOOOO1.O=P1([O-])OCCOOOOO1.[Na+].[Na+]. The third-order valence-electron chi connectivity index (χ3n) is 1.28. The van der Waals surface area contributed by atoms with E-state index in [4.69, 9.17) is 0 Å². The zero-order valence-corrected chi connectivity index (χ0v) is 18.0. The Kier molecular flexibility index (Phi) is 18.6. The van der Waals surface area contributed by atoms with Gasteiger partial charge in [-0.05, 0) is 30.2 Å². The van der Waals surface area contributed by atoms with E-state index in [1.54, 1.807) is 0 Å². The second-order valence-corrected chi connectivity index (χ2v) is 5.37. The topological polar surface area (TPSA) is 191 Å². The molecule has 2 aliphatic heterocycles. The van der Waals surface area contributed by atoms with Crippen molar-refractivity contribution < 1.29 is 136 Å². The number of hydrogen-bond donors (Lipinski definition) is 0. The number of rotatable bonds is 0. The normalized spacial score (nSPS) is 32.4. The Balaban J connectivity index is 0. The van der Waals surface area contributed by atoms with Crippen molar-refractivity contribution in [1.82, 2.24) is 0 Å². The van der Waals surface area contributed by atoms with E-state index < -0.39 is 15.6 Å². The first-order valence-corrected chi connectivity index (χ1v) is 7.87. The van der Waals surface area contributed by atoms with Gasteiger partial charge in [-0.2, -0.15) is 0 Å². The number of phosphoric acid groups is 2. The zero-order chi connectivity index (χ0) is 16.3. The predicted octanol–water partition coefficient (Wildman–Crippen LogP) is -7.54. The van der Waals surface area contributed by atoms with Crippen LogP contribution in [0.2, 0.25) is 0 Å². The summed E-state index contributed by atoms with van der Waals surface area (Å²) in [5, 5.41) is 21.8. The van der Waals surface area contributed by atoms with E-state index >= 15 is 0 Å². The molecule has 132 valence electrons. The third kappa shape index (κ3) is 16.1. The van der Waals surface area contributed by atoms with Crippen molar-refractivity contribution in [1.29, 1.82) is 0 Å². The molecule has 2 rings (SSSR count). The van der Waals surface area contributed by atoms with Crippen LogP contribution < -0.4 is 68.9 Å². The molecule has 16 nitrogen and oxygen atoms in total. The fraction of sp³-hybridized carbons (Fsp3) is 1.00. The number of hydrogen-bond acceptors (Lipinski definition) is 16. The van der Waals surface area contributed by atoms with E-state index in [0.717, 1.165) is 0 Å². The van der Waals surface area contributed by atoms with Crippen LogP contribution in [-0.2, 0) is 67.5 Å². The van der Waals surface area contributed by atoms with Crippen molar-refractivity contribution in [3.63, 3.8) is 0 Å². The van der Waals surface area contributed by atoms with Crippen LogP contribution in [0.25, 0.3) is 0 Å². The van der Waals surface area contributed by atoms with Crippen LogP contribution in [0.5, 0.6) is 0 Å². The zero-order valence-electron chi connectivity index (χ0n) is 12.3. The van der Waals surface area contributed by atoms with E-state index in [-0.39, 0.29) is 85.5 Å². The van der Waals surface area contributed by atoms with Crippen molar-refractivity contribution in [3.8, 4) is 0 Å². The fourth-order valence-electron chi connectivity index (χ4n) is 0.639.